The number of hydrogen-bond donors (Lipinski definition) is 1. The predicted octanol–water partition coefficient (Wildman–Crippen LogP) is 3.69. The van der Waals surface area contributed by atoms with Crippen LogP contribution < -0.4 is 10.1 Å². The number of methoxy groups -OCH3 is 1. The minimum atomic E-state index is -0.327. The molecule has 0 aliphatic carbocycles. The van der Waals surface area contributed by atoms with Crippen LogP contribution in [0.4, 0.5) is 5.69 Å². The molecular weight excluding hydrogens is 324 g/mol. The number of nitrogens with zero attached hydrogens (tertiary/aromatic N) is 1. The Labute approximate surface area is 154 Å². The van der Waals surface area contributed by atoms with Crippen molar-refractivity contribution in [2.24, 2.45) is 0 Å². The summed E-state index contributed by atoms with van der Waals surface area (Å²) in [5.41, 5.74) is 3.01. The first kappa shape index (κ1) is 16.9. The summed E-state index contributed by atoms with van der Waals surface area (Å²) >= 11 is 0. The van der Waals surface area contributed by atoms with Crippen LogP contribution in [-0.2, 0) is 10.2 Å². The van der Waals surface area contributed by atoms with Crippen molar-refractivity contribution >= 4 is 17.7 Å². The van der Waals surface area contributed by atoms with Gasteiger partial charge in [-0.05, 0) is 55.3 Å². The van der Waals surface area contributed by atoms with Crippen LogP contribution in [0.25, 0.3) is 6.08 Å². The lowest BCUT2D eigenvalue weighted by Crippen LogP contribution is -2.46. The number of benzene rings is 2. The second kappa shape index (κ2) is 6.96. The van der Waals surface area contributed by atoms with Gasteiger partial charge in [-0.1, -0.05) is 42.5 Å². The van der Waals surface area contributed by atoms with E-state index in [-0.39, 0.29) is 11.3 Å². The predicted molar refractivity (Wildman–Crippen MR) is 104 cm³/mol. The molecule has 2 aromatic rings. The van der Waals surface area contributed by atoms with Crippen LogP contribution in [0.3, 0.4) is 0 Å². The molecule has 134 valence electrons. The Morgan fingerprint density at radius 1 is 1.12 bits per heavy atom. The number of rotatable bonds is 4. The maximum atomic E-state index is 12.6. The molecule has 1 saturated heterocycles. The summed E-state index contributed by atoms with van der Waals surface area (Å²) in [5.74, 6) is 1.05. The molecule has 1 N–H and O–H groups in total. The molecule has 2 aliphatic heterocycles. The van der Waals surface area contributed by atoms with E-state index in [0.29, 0.717) is 0 Å². The summed E-state index contributed by atoms with van der Waals surface area (Å²) in [7, 11) is 1.68. The molecule has 0 aromatic heterocycles. The van der Waals surface area contributed by atoms with Crippen molar-refractivity contribution in [3.8, 4) is 5.75 Å². The van der Waals surface area contributed by atoms with E-state index in [0.717, 1.165) is 43.9 Å². The number of ether oxygens (including phenoxy) is 1. The number of para-hydroxylation sites is 1. The smallest absolute Gasteiger partial charge is 0.235 e. The molecule has 2 aliphatic rings. The van der Waals surface area contributed by atoms with Crippen molar-refractivity contribution in [3.05, 3.63) is 65.7 Å². The number of fused-ring (bicyclic) bond motifs is 2. The molecule has 0 unspecified atom stereocenters. The zero-order valence-corrected chi connectivity index (χ0v) is 15.1. The fraction of sp³-hybridized carbons (Fsp3) is 0.318. The Balaban J connectivity index is 1.37. The standard InChI is InChI=1S/C22H24N2O2/c1-26-18-10-8-17(9-11-18)5-4-14-24-15-12-22(13-16-24)19-6-2-3-7-20(19)23-21(22)25/h2-11H,12-16H2,1H3,(H,23,25). The van der Waals surface area contributed by atoms with Gasteiger partial charge in [0.1, 0.15) is 5.75 Å². The van der Waals surface area contributed by atoms with Gasteiger partial charge in [0.15, 0.2) is 0 Å². The Kier molecular flexibility index (Phi) is 4.51. The summed E-state index contributed by atoms with van der Waals surface area (Å²) < 4.78 is 5.18. The third-order valence-electron chi connectivity index (χ3n) is 5.62. The first-order valence-electron chi connectivity index (χ1n) is 9.15. The summed E-state index contributed by atoms with van der Waals surface area (Å²) in [6.07, 6.45) is 6.10. The average Bonchev–Trinajstić information content (AvgIpc) is 2.96. The van der Waals surface area contributed by atoms with Gasteiger partial charge >= 0.3 is 0 Å². The summed E-state index contributed by atoms with van der Waals surface area (Å²) in [4.78, 5) is 15.0. The fourth-order valence-corrected chi connectivity index (χ4v) is 4.04. The van der Waals surface area contributed by atoms with Crippen molar-refractivity contribution < 1.29 is 9.53 Å². The summed E-state index contributed by atoms with van der Waals surface area (Å²) in [6.45, 7) is 2.79. The van der Waals surface area contributed by atoms with E-state index in [1.165, 1.54) is 11.1 Å². The molecule has 2 heterocycles. The molecule has 0 saturated carbocycles. The van der Waals surface area contributed by atoms with Gasteiger partial charge in [0, 0.05) is 12.2 Å². The molecule has 1 fully saturated rings. The Bertz CT molecular complexity index is 818. The van der Waals surface area contributed by atoms with Gasteiger partial charge in [-0.25, -0.2) is 0 Å². The van der Waals surface area contributed by atoms with Crippen LogP contribution in [-0.4, -0.2) is 37.6 Å². The van der Waals surface area contributed by atoms with Gasteiger partial charge in [0.25, 0.3) is 0 Å². The second-order valence-corrected chi connectivity index (χ2v) is 7.06. The van der Waals surface area contributed by atoms with Crippen LogP contribution in [0.15, 0.2) is 54.6 Å². The number of amides is 1. The number of carbonyl (C=O) groups is 1. The third kappa shape index (κ3) is 3.01. The van der Waals surface area contributed by atoms with Gasteiger partial charge in [-0.2, -0.15) is 0 Å². The fourth-order valence-electron chi connectivity index (χ4n) is 4.04. The molecule has 4 nitrogen and oxygen atoms in total. The highest BCUT2D eigenvalue weighted by Crippen LogP contribution is 2.44. The molecule has 26 heavy (non-hydrogen) atoms. The van der Waals surface area contributed by atoms with Gasteiger partial charge < -0.3 is 10.1 Å². The van der Waals surface area contributed by atoms with Crippen molar-refractivity contribution in [2.45, 2.75) is 18.3 Å². The van der Waals surface area contributed by atoms with Gasteiger partial charge in [0.05, 0.1) is 12.5 Å². The maximum Gasteiger partial charge on any atom is 0.235 e. The zero-order chi connectivity index (χ0) is 18.0. The normalized spacial score (nSPS) is 18.9. The number of hydrogen-bond acceptors (Lipinski definition) is 3. The molecule has 0 atom stereocenters. The lowest BCUT2D eigenvalue weighted by atomic mass is 9.74. The van der Waals surface area contributed by atoms with Crippen molar-refractivity contribution in [1.29, 1.82) is 0 Å². The Morgan fingerprint density at radius 2 is 1.85 bits per heavy atom. The zero-order valence-electron chi connectivity index (χ0n) is 15.1. The summed E-state index contributed by atoms with van der Waals surface area (Å²) in [5, 5.41) is 3.07. The molecule has 0 radical (unpaired) electrons. The highest BCUT2D eigenvalue weighted by Gasteiger charge is 2.47. The number of carbonyl (C=O) groups excluding carboxylic acids is 1. The van der Waals surface area contributed by atoms with E-state index in [9.17, 15) is 4.79 Å². The second-order valence-electron chi connectivity index (χ2n) is 7.06. The monoisotopic (exact) mass is 348 g/mol. The van der Waals surface area contributed by atoms with Crippen molar-refractivity contribution in [1.82, 2.24) is 4.90 Å². The molecule has 1 spiro atoms. The quantitative estimate of drug-likeness (QED) is 0.916. The molecule has 1 amide bonds. The Hall–Kier alpha value is -2.59. The van der Waals surface area contributed by atoms with Crippen LogP contribution >= 0.6 is 0 Å². The van der Waals surface area contributed by atoms with Crippen molar-refractivity contribution in [3.63, 3.8) is 0 Å². The van der Waals surface area contributed by atoms with Crippen LogP contribution in [0, 0.1) is 0 Å². The summed E-state index contributed by atoms with van der Waals surface area (Å²) in [6, 6.07) is 16.2. The van der Waals surface area contributed by atoms with E-state index in [4.69, 9.17) is 4.74 Å². The number of piperidine rings is 1. The lowest BCUT2D eigenvalue weighted by Gasteiger charge is -2.37. The van der Waals surface area contributed by atoms with Crippen LogP contribution in [0.2, 0.25) is 0 Å². The van der Waals surface area contributed by atoms with Crippen LogP contribution in [0.1, 0.15) is 24.0 Å². The highest BCUT2D eigenvalue weighted by molar-refractivity contribution is 6.06. The van der Waals surface area contributed by atoms with E-state index < -0.39 is 0 Å². The third-order valence-corrected chi connectivity index (χ3v) is 5.62. The largest absolute Gasteiger partial charge is 0.497 e. The van der Waals surface area contributed by atoms with Crippen LogP contribution in [0.5, 0.6) is 5.75 Å². The number of nitrogens with one attached hydrogen (secondary N) is 1. The van der Waals surface area contributed by atoms with E-state index in [1.807, 2.05) is 30.3 Å². The molecule has 4 heteroatoms. The van der Waals surface area contributed by atoms with Gasteiger partial charge in [0.2, 0.25) is 5.91 Å². The maximum absolute atomic E-state index is 12.6. The van der Waals surface area contributed by atoms with E-state index >= 15 is 0 Å². The van der Waals surface area contributed by atoms with Gasteiger partial charge in [-0.3, -0.25) is 9.69 Å². The molecule has 0 bridgehead atoms. The lowest BCUT2D eigenvalue weighted by molar-refractivity contribution is -0.122. The number of anilines is 1. The van der Waals surface area contributed by atoms with Gasteiger partial charge in [-0.15, -0.1) is 0 Å². The van der Waals surface area contributed by atoms with E-state index in [1.54, 1.807) is 7.11 Å². The topological polar surface area (TPSA) is 41.6 Å². The van der Waals surface area contributed by atoms with Crippen molar-refractivity contribution in [2.75, 3.05) is 32.1 Å². The molecule has 2 aromatic carbocycles. The molecule has 4 rings (SSSR count). The first-order chi connectivity index (χ1) is 12.7. The first-order valence-corrected chi connectivity index (χ1v) is 9.15. The highest BCUT2D eigenvalue weighted by atomic mass is 16.5. The number of likely N-dealkylation sites (tertiary alicyclic amines) is 1. The SMILES string of the molecule is COc1ccc(C=CCN2CCC3(CC2)C(=O)Nc2ccccc23)cc1. The minimum Gasteiger partial charge on any atom is -0.497 e. The minimum absolute atomic E-state index is 0.173. The Morgan fingerprint density at radius 3 is 2.58 bits per heavy atom. The molecular formula is C22H24N2O2. The average molecular weight is 348 g/mol. The van der Waals surface area contributed by atoms with E-state index in [2.05, 4.69) is 40.6 Å².